The zero-order valence-electron chi connectivity index (χ0n) is 11.2. The van der Waals surface area contributed by atoms with Gasteiger partial charge in [0.25, 0.3) is 5.56 Å². The van der Waals surface area contributed by atoms with E-state index in [1.54, 1.807) is 18.2 Å². The van der Waals surface area contributed by atoms with Gasteiger partial charge in [-0.2, -0.15) is 0 Å². The van der Waals surface area contributed by atoms with Gasteiger partial charge in [0.1, 0.15) is 12.4 Å². The van der Waals surface area contributed by atoms with E-state index in [1.165, 1.54) is 22.4 Å². The molecule has 112 valence electrons. The molecule has 0 saturated carbocycles. The van der Waals surface area contributed by atoms with Gasteiger partial charge in [0, 0.05) is 12.6 Å². The number of aryl methyl sites for hydroxylation is 1. The van der Waals surface area contributed by atoms with Gasteiger partial charge in [-0.15, -0.1) is 0 Å². The normalized spacial score (nSPS) is 11.0. The van der Waals surface area contributed by atoms with Crippen LogP contribution in [0.25, 0.3) is 16.8 Å². The highest BCUT2D eigenvalue weighted by Crippen LogP contribution is 2.34. The summed E-state index contributed by atoms with van der Waals surface area (Å²) in [5, 5.41) is 11.5. The van der Waals surface area contributed by atoms with E-state index in [1.807, 2.05) is 0 Å². The summed E-state index contributed by atoms with van der Waals surface area (Å²) in [6.07, 6.45) is 2.31. The first-order valence-corrected chi connectivity index (χ1v) is 6.83. The van der Waals surface area contributed by atoms with Gasteiger partial charge in [-0.1, -0.05) is 29.3 Å². The molecule has 0 saturated heterocycles. The molecule has 2 heterocycles. The topological polar surface area (TPSA) is 82.4 Å². The van der Waals surface area contributed by atoms with Crippen LogP contribution in [0.15, 0.2) is 35.4 Å². The summed E-state index contributed by atoms with van der Waals surface area (Å²) in [4.78, 5) is 26.8. The number of aromatic nitrogens is 3. The van der Waals surface area contributed by atoms with E-state index in [2.05, 4.69) is 4.98 Å². The Balaban J connectivity index is 2.44. The summed E-state index contributed by atoms with van der Waals surface area (Å²) in [6, 6.07) is 4.88. The van der Waals surface area contributed by atoms with Gasteiger partial charge in [-0.25, -0.2) is 14.2 Å². The van der Waals surface area contributed by atoms with Crippen molar-refractivity contribution in [1.82, 2.24) is 14.2 Å². The fourth-order valence-corrected chi connectivity index (χ4v) is 2.81. The predicted molar refractivity (Wildman–Crippen MR) is 82.5 cm³/mol. The van der Waals surface area contributed by atoms with Gasteiger partial charge in [0.05, 0.1) is 20.5 Å². The molecular weight excluding hydrogens is 331 g/mol. The maximum atomic E-state index is 12.5. The van der Waals surface area contributed by atoms with E-state index in [-0.39, 0.29) is 16.9 Å². The Morgan fingerprint density at radius 3 is 2.45 bits per heavy atom. The highest BCUT2D eigenvalue weighted by Gasteiger charge is 2.22. The molecule has 3 aromatic rings. The summed E-state index contributed by atoms with van der Waals surface area (Å²) in [7, 11) is 1.48. The minimum Gasteiger partial charge on any atom is -0.267 e. The lowest BCUT2D eigenvalue weighted by Crippen LogP contribution is -2.16. The Bertz CT molecular complexity index is 957. The summed E-state index contributed by atoms with van der Waals surface area (Å²) in [6.45, 7) is 0. The zero-order chi connectivity index (χ0) is 16.0. The highest BCUT2D eigenvalue weighted by molar-refractivity contribution is 6.39. The van der Waals surface area contributed by atoms with Gasteiger partial charge >= 0.3 is 5.69 Å². The van der Waals surface area contributed by atoms with Gasteiger partial charge in [0.2, 0.25) is 0 Å². The molecule has 0 aliphatic carbocycles. The van der Waals surface area contributed by atoms with Gasteiger partial charge in [-0.3, -0.25) is 14.9 Å². The molecule has 0 amide bonds. The second-order valence-corrected chi connectivity index (χ2v) is 5.35. The van der Waals surface area contributed by atoms with Crippen LogP contribution >= 0.6 is 23.2 Å². The molecule has 7 nitrogen and oxygen atoms in total. The standard InChI is InChI=1S/C13H8Cl2N4O3/c1-17-13(20)11(10-8(14)3-2-4-9(10)15)12-16-5-7(19(21)22)6-18(12)17/h2-6H,1H3. The third-order valence-electron chi connectivity index (χ3n) is 3.27. The van der Waals surface area contributed by atoms with Gasteiger partial charge < -0.3 is 0 Å². The van der Waals surface area contributed by atoms with Crippen LogP contribution in [0.4, 0.5) is 5.69 Å². The van der Waals surface area contributed by atoms with Gasteiger partial charge in [0.15, 0.2) is 5.65 Å². The summed E-state index contributed by atoms with van der Waals surface area (Å²) in [5.41, 5.74) is 0.175. The van der Waals surface area contributed by atoms with E-state index in [9.17, 15) is 14.9 Å². The Morgan fingerprint density at radius 1 is 1.23 bits per heavy atom. The third-order valence-corrected chi connectivity index (χ3v) is 3.90. The van der Waals surface area contributed by atoms with E-state index in [0.717, 1.165) is 6.20 Å². The Kier molecular flexibility index (Phi) is 3.38. The fraction of sp³-hybridized carbons (Fsp3) is 0.0769. The average Bonchev–Trinajstić information content (AvgIpc) is 2.72. The molecular formula is C13H8Cl2N4O3. The molecule has 0 bridgehead atoms. The van der Waals surface area contributed by atoms with Crippen molar-refractivity contribution in [2.75, 3.05) is 0 Å². The number of hydrogen-bond donors (Lipinski definition) is 0. The minimum absolute atomic E-state index is 0.202. The largest absolute Gasteiger partial charge is 0.305 e. The maximum absolute atomic E-state index is 12.5. The van der Waals surface area contributed by atoms with Crippen molar-refractivity contribution < 1.29 is 4.92 Å². The molecule has 22 heavy (non-hydrogen) atoms. The zero-order valence-corrected chi connectivity index (χ0v) is 12.7. The number of rotatable bonds is 2. The van der Waals surface area contributed by atoms with Crippen molar-refractivity contribution in [3.63, 3.8) is 0 Å². The Morgan fingerprint density at radius 2 is 1.86 bits per heavy atom. The highest BCUT2D eigenvalue weighted by atomic mass is 35.5. The van der Waals surface area contributed by atoms with E-state index < -0.39 is 10.5 Å². The number of hydrogen-bond acceptors (Lipinski definition) is 4. The summed E-state index contributed by atoms with van der Waals surface area (Å²) < 4.78 is 2.51. The molecule has 0 unspecified atom stereocenters. The Hall–Kier alpha value is -2.38. The van der Waals surface area contributed by atoms with Crippen LogP contribution < -0.4 is 5.56 Å². The van der Waals surface area contributed by atoms with Crippen LogP contribution in [0.5, 0.6) is 0 Å². The van der Waals surface area contributed by atoms with E-state index in [0.29, 0.717) is 15.6 Å². The van der Waals surface area contributed by atoms with E-state index >= 15 is 0 Å². The monoisotopic (exact) mass is 338 g/mol. The molecule has 0 aliphatic heterocycles. The lowest BCUT2D eigenvalue weighted by Gasteiger charge is -2.03. The number of benzene rings is 1. The van der Waals surface area contributed by atoms with Crippen LogP contribution in [-0.4, -0.2) is 19.1 Å². The fourth-order valence-electron chi connectivity index (χ4n) is 2.22. The van der Waals surface area contributed by atoms with Crippen molar-refractivity contribution in [2.24, 2.45) is 7.05 Å². The first kappa shape index (κ1) is 14.6. The number of nitrogens with zero attached hydrogens (tertiary/aromatic N) is 4. The second kappa shape index (κ2) is 5.11. The number of fused-ring (bicyclic) bond motifs is 1. The number of nitro groups is 1. The molecule has 0 aliphatic rings. The van der Waals surface area contributed by atoms with Crippen LogP contribution in [0, 0.1) is 10.1 Å². The van der Waals surface area contributed by atoms with Crippen molar-refractivity contribution in [1.29, 1.82) is 0 Å². The van der Waals surface area contributed by atoms with Gasteiger partial charge in [-0.05, 0) is 12.1 Å². The van der Waals surface area contributed by atoms with Crippen molar-refractivity contribution in [3.05, 3.63) is 61.1 Å². The minimum atomic E-state index is -0.584. The second-order valence-electron chi connectivity index (χ2n) is 4.54. The summed E-state index contributed by atoms with van der Waals surface area (Å²) in [5.74, 6) is 0. The molecule has 1 aromatic carbocycles. The van der Waals surface area contributed by atoms with Crippen LogP contribution in [0.3, 0.4) is 0 Å². The van der Waals surface area contributed by atoms with Crippen LogP contribution in [0.2, 0.25) is 10.0 Å². The van der Waals surface area contributed by atoms with Crippen LogP contribution in [-0.2, 0) is 7.05 Å². The van der Waals surface area contributed by atoms with E-state index in [4.69, 9.17) is 23.2 Å². The average molecular weight is 339 g/mol. The predicted octanol–water partition coefficient (Wildman–Crippen LogP) is 2.92. The van der Waals surface area contributed by atoms with Crippen molar-refractivity contribution in [2.45, 2.75) is 0 Å². The lowest BCUT2D eigenvalue weighted by molar-refractivity contribution is -0.385. The SMILES string of the molecule is Cn1c(=O)c(-c2c(Cl)cccc2Cl)c2ncc([N+](=O)[O-])cn21. The third kappa shape index (κ3) is 2.06. The Labute approximate surface area is 133 Å². The molecule has 0 N–H and O–H groups in total. The smallest absolute Gasteiger partial charge is 0.267 e. The first-order chi connectivity index (χ1) is 10.4. The molecule has 0 fully saturated rings. The van der Waals surface area contributed by atoms with Crippen LogP contribution in [0.1, 0.15) is 0 Å². The molecule has 3 rings (SSSR count). The molecule has 9 heteroatoms. The summed E-state index contributed by atoms with van der Waals surface area (Å²) >= 11 is 12.3. The van der Waals surface area contributed by atoms with Crippen molar-refractivity contribution >= 4 is 34.5 Å². The molecule has 0 atom stereocenters. The molecule has 0 spiro atoms. The molecule has 2 aromatic heterocycles. The number of halogens is 2. The first-order valence-electron chi connectivity index (χ1n) is 6.08. The lowest BCUT2D eigenvalue weighted by atomic mass is 10.1. The van der Waals surface area contributed by atoms with Crippen molar-refractivity contribution in [3.8, 4) is 11.1 Å². The maximum Gasteiger partial charge on any atom is 0.305 e. The quantitative estimate of drug-likeness (QED) is 0.531. The molecule has 0 radical (unpaired) electrons.